The first-order valence-corrected chi connectivity index (χ1v) is 8.79. The maximum Gasteiger partial charge on any atom is 0.166 e. The molecule has 0 bridgehead atoms. The molecule has 3 heterocycles. The molecule has 1 aliphatic heterocycles. The summed E-state index contributed by atoms with van der Waals surface area (Å²) < 4.78 is 13.6. The second-order valence-electron chi connectivity index (χ2n) is 6.75. The topological polar surface area (TPSA) is 65.7 Å². The summed E-state index contributed by atoms with van der Waals surface area (Å²) in [6.07, 6.45) is 2.61. The van der Waals surface area contributed by atoms with Crippen LogP contribution in [0.25, 0.3) is 11.1 Å². The molecule has 0 unspecified atom stereocenters. The van der Waals surface area contributed by atoms with E-state index in [9.17, 15) is 4.39 Å². The highest BCUT2D eigenvalue weighted by molar-refractivity contribution is 5.64. The number of aromatic nitrogens is 3. The average molecular weight is 359 g/mol. The number of fused-ring (bicyclic) bond motifs is 1. The molecule has 0 spiro atoms. The van der Waals surface area contributed by atoms with Crippen LogP contribution in [-0.2, 0) is 13.0 Å². The van der Waals surface area contributed by atoms with E-state index in [1.165, 1.54) is 12.1 Å². The molecule has 0 amide bonds. The highest BCUT2D eigenvalue weighted by atomic mass is 19.1. The van der Waals surface area contributed by atoms with Crippen LogP contribution in [0, 0.1) is 31.0 Å². The first-order chi connectivity index (χ1) is 13.1. The lowest BCUT2D eigenvalue weighted by Crippen LogP contribution is -2.32. The number of halogens is 1. The minimum atomic E-state index is -0.259. The molecule has 0 saturated carbocycles. The van der Waals surface area contributed by atoms with E-state index in [1.54, 1.807) is 12.3 Å². The van der Waals surface area contributed by atoms with Gasteiger partial charge in [0.1, 0.15) is 11.9 Å². The number of hydrogen-bond donors (Lipinski definition) is 0. The molecule has 4 rings (SSSR count). The normalized spacial score (nSPS) is 13.2. The van der Waals surface area contributed by atoms with Gasteiger partial charge in [0.15, 0.2) is 11.5 Å². The Morgan fingerprint density at radius 3 is 2.74 bits per heavy atom. The van der Waals surface area contributed by atoms with Gasteiger partial charge in [-0.15, -0.1) is 10.2 Å². The van der Waals surface area contributed by atoms with Gasteiger partial charge in [-0.05, 0) is 54.3 Å². The number of pyridine rings is 1. The molecule has 27 heavy (non-hydrogen) atoms. The third-order valence-electron chi connectivity index (χ3n) is 5.10. The average Bonchev–Trinajstić information content (AvgIpc) is 2.69. The molecule has 6 heteroatoms. The summed E-state index contributed by atoms with van der Waals surface area (Å²) in [7, 11) is 0. The molecular weight excluding hydrogens is 341 g/mol. The zero-order valence-electron chi connectivity index (χ0n) is 15.2. The molecule has 0 N–H and O–H groups in total. The number of hydrogen-bond acceptors (Lipinski definition) is 5. The number of nitriles is 1. The Morgan fingerprint density at radius 1 is 1.11 bits per heavy atom. The van der Waals surface area contributed by atoms with Gasteiger partial charge >= 0.3 is 0 Å². The summed E-state index contributed by atoms with van der Waals surface area (Å²) in [5, 5.41) is 17.5. The second-order valence-corrected chi connectivity index (χ2v) is 6.75. The molecule has 1 aliphatic rings. The Morgan fingerprint density at radius 2 is 1.96 bits per heavy atom. The van der Waals surface area contributed by atoms with Crippen molar-refractivity contribution in [1.82, 2.24) is 15.2 Å². The Labute approximate surface area is 157 Å². The van der Waals surface area contributed by atoms with Crippen LogP contribution in [0.5, 0.6) is 0 Å². The van der Waals surface area contributed by atoms with Crippen LogP contribution in [0.3, 0.4) is 0 Å². The Kier molecular flexibility index (Phi) is 4.28. The predicted octanol–water partition coefficient (Wildman–Crippen LogP) is 3.73. The van der Waals surface area contributed by atoms with Crippen LogP contribution in [0.15, 0.2) is 36.5 Å². The van der Waals surface area contributed by atoms with Crippen LogP contribution < -0.4 is 4.90 Å². The molecule has 2 aromatic heterocycles. The number of nitrogens with zero attached hydrogens (tertiary/aromatic N) is 5. The minimum absolute atomic E-state index is 0.259. The van der Waals surface area contributed by atoms with Crippen LogP contribution in [0.2, 0.25) is 0 Å². The number of rotatable bonds is 2. The molecule has 0 atom stereocenters. The minimum Gasteiger partial charge on any atom is -0.350 e. The van der Waals surface area contributed by atoms with E-state index >= 15 is 0 Å². The van der Waals surface area contributed by atoms with Gasteiger partial charge in [-0.25, -0.2) is 4.39 Å². The fraction of sp³-hybridized carbons (Fsp3) is 0.238. The van der Waals surface area contributed by atoms with Gasteiger partial charge in [-0.1, -0.05) is 12.1 Å². The lowest BCUT2D eigenvalue weighted by atomic mass is 9.99. The molecule has 3 aromatic rings. The van der Waals surface area contributed by atoms with E-state index in [1.807, 2.05) is 19.9 Å². The van der Waals surface area contributed by atoms with Crippen molar-refractivity contribution in [3.8, 4) is 17.2 Å². The standard InChI is InChI=1S/C21H18FN5/c1-13-14(2)21(26-25-20(13)10-23)27-7-6-19-17(12-27)8-16(11-24-19)15-4-3-5-18(22)9-15/h3-5,8-9,11H,6-7,12H2,1-2H3. The van der Waals surface area contributed by atoms with E-state index in [-0.39, 0.29) is 5.82 Å². The quantitative estimate of drug-likeness (QED) is 0.697. The summed E-state index contributed by atoms with van der Waals surface area (Å²) in [5.74, 6) is 0.541. The Balaban J connectivity index is 1.68. The van der Waals surface area contributed by atoms with Crippen LogP contribution in [0.1, 0.15) is 28.1 Å². The Bertz CT molecular complexity index is 1070. The van der Waals surface area contributed by atoms with Gasteiger partial charge in [0.2, 0.25) is 0 Å². The molecule has 0 fully saturated rings. The van der Waals surface area contributed by atoms with Crippen LogP contribution in [-0.4, -0.2) is 21.7 Å². The maximum absolute atomic E-state index is 13.6. The summed E-state index contributed by atoms with van der Waals surface area (Å²) in [6, 6.07) is 10.7. The van der Waals surface area contributed by atoms with Crippen molar-refractivity contribution in [2.45, 2.75) is 26.8 Å². The van der Waals surface area contributed by atoms with Gasteiger partial charge in [-0.2, -0.15) is 5.26 Å². The summed E-state index contributed by atoms with van der Waals surface area (Å²) in [5.41, 5.74) is 6.07. The summed E-state index contributed by atoms with van der Waals surface area (Å²) >= 11 is 0. The van der Waals surface area contributed by atoms with Gasteiger partial charge in [-0.3, -0.25) is 4.98 Å². The van der Waals surface area contributed by atoms with Crippen molar-refractivity contribution < 1.29 is 4.39 Å². The van der Waals surface area contributed by atoms with Gasteiger partial charge in [0.05, 0.1) is 0 Å². The second kappa shape index (κ2) is 6.76. The third-order valence-corrected chi connectivity index (χ3v) is 5.10. The Hall–Kier alpha value is -3.33. The van der Waals surface area contributed by atoms with Crippen molar-refractivity contribution >= 4 is 5.82 Å². The maximum atomic E-state index is 13.6. The first kappa shape index (κ1) is 17.1. The van der Waals surface area contributed by atoms with Crippen molar-refractivity contribution in [3.05, 3.63) is 70.4 Å². The van der Waals surface area contributed by atoms with E-state index in [2.05, 4.69) is 32.2 Å². The zero-order valence-corrected chi connectivity index (χ0v) is 15.2. The van der Waals surface area contributed by atoms with Gasteiger partial charge in [0, 0.05) is 37.0 Å². The third kappa shape index (κ3) is 3.13. The highest BCUT2D eigenvalue weighted by Gasteiger charge is 2.22. The molecular formula is C21H18FN5. The monoisotopic (exact) mass is 359 g/mol. The van der Waals surface area contributed by atoms with E-state index in [0.29, 0.717) is 12.2 Å². The van der Waals surface area contributed by atoms with Crippen LogP contribution >= 0.6 is 0 Å². The largest absolute Gasteiger partial charge is 0.350 e. The molecule has 1 aromatic carbocycles. The predicted molar refractivity (Wildman–Crippen MR) is 101 cm³/mol. The molecule has 0 radical (unpaired) electrons. The van der Waals surface area contributed by atoms with Crippen molar-refractivity contribution in [1.29, 1.82) is 5.26 Å². The first-order valence-electron chi connectivity index (χ1n) is 8.79. The fourth-order valence-electron chi connectivity index (χ4n) is 3.43. The lowest BCUT2D eigenvalue weighted by molar-refractivity contribution is 0.628. The molecule has 134 valence electrons. The van der Waals surface area contributed by atoms with Crippen LogP contribution in [0.4, 0.5) is 10.2 Å². The smallest absolute Gasteiger partial charge is 0.166 e. The van der Waals surface area contributed by atoms with E-state index < -0.39 is 0 Å². The fourth-order valence-corrected chi connectivity index (χ4v) is 3.43. The van der Waals surface area contributed by atoms with Crippen molar-refractivity contribution in [3.63, 3.8) is 0 Å². The zero-order chi connectivity index (χ0) is 19.0. The molecule has 0 aliphatic carbocycles. The SMILES string of the molecule is Cc1c(C#N)nnc(N2CCc3ncc(-c4cccc(F)c4)cc3C2)c1C. The van der Waals surface area contributed by atoms with E-state index in [0.717, 1.165) is 52.3 Å². The summed E-state index contributed by atoms with van der Waals surface area (Å²) in [6.45, 7) is 5.32. The van der Waals surface area contributed by atoms with Crippen molar-refractivity contribution in [2.24, 2.45) is 0 Å². The van der Waals surface area contributed by atoms with E-state index in [4.69, 9.17) is 5.26 Å². The van der Waals surface area contributed by atoms with Gasteiger partial charge < -0.3 is 4.90 Å². The number of anilines is 1. The highest BCUT2D eigenvalue weighted by Crippen LogP contribution is 2.29. The van der Waals surface area contributed by atoms with Gasteiger partial charge in [0.25, 0.3) is 0 Å². The summed E-state index contributed by atoms with van der Waals surface area (Å²) in [4.78, 5) is 6.76. The lowest BCUT2D eigenvalue weighted by Gasteiger charge is -2.30. The number of benzene rings is 1. The molecule has 5 nitrogen and oxygen atoms in total. The molecule has 0 saturated heterocycles. The van der Waals surface area contributed by atoms with Crippen molar-refractivity contribution in [2.75, 3.05) is 11.4 Å².